The molecule has 144 valence electrons. The molecule has 0 aliphatic carbocycles. The van der Waals surface area contributed by atoms with Crippen molar-refractivity contribution >= 4 is 17.8 Å². The van der Waals surface area contributed by atoms with Crippen LogP contribution in [0.2, 0.25) is 0 Å². The topological polar surface area (TPSA) is 75.9 Å². The maximum absolute atomic E-state index is 12.7. The number of likely N-dealkylation sites (tertiary alicyclic amines) is 1. The molecule has 0 N–H and O–H groups in total. The highest BCUT2D eigenvalue weighted by atomic mass is 16.6. The summed E-state index contributed by atoms with van der Waals surface area (Å²) in [6.45, 7) is 6.24. The van der Waals surface area contributed by atoms with Gasteiger partial charge in [0.2, 0.25) is 0 Å². The summed E-state index contributed by atoms with van der Waals surface area (Å²) in [6.07, 6.45) is -0.285. The Hall–Kier alpha value is -2.41. The first-order valence-electron chi connectivity index (χ1n) is 9.22. The molecular weight excluding hydrogens is 348 g/mol. The molecule has 4 atom stereocenters. The van der Waals surface area contributed by atoms with E-state index >= 15 is 0 Å². The van der Waals surface area contributed by atoms with Gasteiger partial charge in [0.15, 0.2) is 5.78 Å². The van der Waals surface area contributed by atoms with E-state index in [1.807, 2.05) is 56.0 Å². The van der Waals surface area contributed by atoms with Crippen molar-refractivity contribution in [1.29, 1.82) is 0 Å². The van der Waals surface area contributed by atoms with E-state index < -0.39 is 23.3 Å². The number of esters is 1. The number of hydrogen-bond acceptors (Lipinski definition) is 6. The van der Waals surface area contributed by atoms with Crippen LogP contribution >= 0.6 is 0 Å². The molecule has 0 radical (unpaired) electrons. The number of Topliss-reactive ketones (excluding diaryl/α,β-unsaturated/α-hetero) is 1. The number of piperazine rings is 1. The van der Waals surface area contributed by atoms with E-state index in [1.165, 1.54) is 4.90 Å². The largest absolute Gasteiger partial charge is 0.459 e. The monoisotopic (exact) mass is 372 g/mol. The van der Waals surface area contributed by atoms with Crippen LogP contribution in [-0.2, 0) is 25.7 Å². The minimum Gasteiger partial charge on any atom is -0.459 e. The average Bonchev–Trinajstić information content (AvgIpc) is 3.15. The minimum absolute atomic E-state index is 0.0160. The molecule has 3 aliphatic heterocycles. The van der Waals surface area contributed by atoms with Gasteiger partial charge in [0.25, 0.3) is 0 Å². The number of nitrogens with zero attached hydrogens (tertiary/aromatic N) is 2. The molecule has 7 nitrogen and oxygen atoms in total. The van der Waals surface area contributed by atoms with Crippen molar-refractivity contribution in [1.82, 2.24) is 9.80 Å². The summed E-state index contributed by atoms with van der Waals surface area (Å²) in [7, 11) is 0. The molecule has 27 heavy (non-hydrogen) atoms. The van der Waals surface area contributed by atoms with Crippen LogP contribution in [0.15, 0.2) is 30.3 Å². The number of rotatable bonds is 3. The fourth-order valence-electron chi connectivity index (χ4n) is 4.22. The smallest absolute Gasteiger partial charge is 0.410 e. The fraction of sp³-hybridized carbons (Fsp3) is 0.550. The normalized spacial score (nSPS) is 31.3. The Kier molecular flexibility index (Phi) is 4.03. The van der Waals surface area contributed by atoms with Crippen molar-refractivity contribution in [2.45, 2.75) is 57.0 Å². The lowest BCUT2D eigenvalue weighted by molar-refractivity contribution is -0.159. The van der Waals surface area contributed by atoms with Gasteiger partial charge >= 0.3 is 12.1 Å². The molecule has 3 saturated heterocycles. The highest BCUT2D eigenvalue weighted by Gasteiger charge is 2.79. The lowest BCUT2D eigenvalue weighted by Gasteiger charge is -2.31. The SMILES string of the molecule is CC(C)(C)OC(=O)C12CC(=O)C3CN(C(=O)OCc4ccccc4)CC1N32. The number of amides is 1. The molecule has 0 saturated carbocycles. The van der Waals surface area contributed by atoms with Crippen LogP contribution in [0.3, 0.4) is 0 Å². The van der Waals surface area contributed by atoms with Gasteiger partial charge in [-0.3, -0.25) is 9.69 Å². The van der Waals surface area contributed by atoms with E-state index in [1.54, 1.807) is 0 Å². The molecular formula is C20H24N2O5. The van der Waals surface area contributed by atoms with Crippen molar-refractivity contribution < 1.29 is 23.9 Å². The van der Waals surface area contributed by atoms with Gasteiger partial charge in [-0.1, -0.05) is 30.3 Å². The van der Waals surface area contributed by atoms with Gasteiger partial charge in [-0.25, -0.2) is 9.59 Å². The van der Waals surface area contributed by atoms with Crippen LogP contribution in [0.4, 0.5) is 4.79 Å². The van der Waals surface area contributed by atoms with Crippen LogP contribution in [0.5, 0.6) is 0 Å². The molecule has 3 fully saturated rings. The summed E-state index contributed by atoms with van der Waals surface area (Å²) < 4.78 is 10.9. The summed E-state index contributed by atoms with van der Waals surface area (Å²) in [5, 5.41) is 0. The Balaban J connectivity index is 1.43. The molecule has 1 aromatic rings. The van der Waals surface area contributed by atoms with Crippen molar-refractivity contribution in [3.05, 3.63) is 35.9 Å². The van der Waals surface area contributed by atoms with Crippen LogP contribution in [0, 0.1) is 0 Å². The zero-order chi connectivity index (χ0) is 19.4. The zero-order valence-electron chi connectivity index (χ0n) is 15.8. The zero-order valence-corrected chi connectivity index (χ0v) is 15.8. The second kappa shape index (κ2) is 6.05. The maximum atomic E-state index is 12.7. The van der Waals surface area contributed by atoms with E-state index in [0.717, 1.165) is 5.56 Å². The van der Waals surface area contributed by atoms with Gasteiger partial charge < -0.3 is 14.4 Å². The number of hydrogen-bond donors (Lipinski definition) is 0. The molecule has 4 rings (SSSR count). The molecule has 7 heteroatoms. The summed E-state index contributed by atoms with van der Waals surface area (Å²) in [5.74, 6) is -0.381. The van der Waals surface area contributed by atoms with Gasteiger partial charge in [-0.2, -0.15) is 0 Å². The molecule has 1 amide bonds. The van der Waals surface area contributed by atoms with Gasteiger partial charge in [-0.15, -0.1) is 0 Å². The van der Waals surface area contributed by atoms with E-state index in [2.05, 4.69) is 0 Å². The maximum Gasteiger partial charge on any atom is 0.410 e. The summed E-state index contributed by atoms with van der Waals surface area (Å²) >= 11 is 0. The average molecular weight is 372 g/mol. The van der Waals surface area contributed by atoms with Gasteiger partial charge in [0.05, 0.1) is 12.1 Å². The van der Waals surface area contributed by atoms with Crippen LogP contribution < -0.4 is 0 Å². The number of ketones is 1. The third-order valence-corrected chi connectivity index (χ3v) is 5.43. The molecule has 3 aliphatic rings. The van der Waals surface area contributed by atoms with Crippen LogP contribution in [-0.4, -0.2) is 64.0 Å². The summed E-state index contributed by atoms with van der Waals surface area (Å²) in [4.78, 5) is 41.1. The van der Waals surface area contributed by atoms with E-state index in [0.29, 0.717) is 6.54 Å². The van der Waals surface area contributed by atoms with Crippen molar-refractivity contribution in [3.63, 3.8) is 0 Å². The predicted molar refractivity (Wildman–Crippen MR) is 95.8 cm³/mol. The number of benzene rings is 1. The third-order valence-electron chi connectivity index (χ3n) is 5.43. The first-order valence-corrected chi connectivity index (χ1v) is 9.22. The Labute approximate surface area is 158 Å². The number of ether oxygens (including phenoxy) is 2. The number of carbonyl (C=O) groups is 3. The highest BCUT2D eigenvalue weighted by molar-refractivity contribution is 6.02. The number of carbonyl (C=O) groups excluding carboxylic acids is 3. The second-order valence-corrected chi connectivity index (χ2v) is 8.45. The number of fused-ring (bicyclic) bond motifs is 1. The highest BCUT2D eigenvalue weighted by Crippen LogP contribution is 2.55. The van der Waals surface area contributed by atoms with Crippen LogP contribution in [0.25, 0.3) is 0 Å². The van der Waals surface area contributed by atoms with E-state index in [9.17, 15) is 14.4 Å². The van der Waals surface area contributed by atoms with Crippen LogP contribution in [0.1, 0.15) is 32.8 Å². The van der Waals surface area contributed by atoms with E-state index in [4.69, 9.17) is 9.47 Å². The molecule has 1 aromatic carbocycles. The molecule has 0 bridgehead atoms. The van der Waals surface area contributed by atoms with E-state index in [-0.39, 0.29) is 37.4 Å². The lowest BCUT2D eigenvalue weighted by atomic mass is 9.94. The first-order chi connectivity index (χ1) is 12.7. The second-order valence-electron chi connectivity index (χ2n) is 8.45. The Morgan fingerprint density at radius 1 is 1.19 bits per heavy atom. The fourth-order valence-corrected chi connectivity index (χ4v) is 4.22. The molecule has 0 spiro atoms. The quantitative estimate of drug-likeness (QED) is 0.594. The Morgan fingerprint density at radius 3 is 2.56 bits per heavy atom. The van der Waals surface area contributed by atoms with Crippen molar-refractivity contribution in [2.24, 2.45) is 0 Å². The van der Waals surface area contributed by atoms with Crippen molar-refractivity contribution in [3.8, 4) is 0 Å². The standard InChI is InChI=1S/C20H24N2O5/c1-19(2,3)27-17(24)20-9-15(23)14-10-21(11-16(20)22(14)20)18(25)26-12-13-7-5-4-6-8-13/h4-8,14,16H,9-12H2,1-3H3. The minimum atomic E-state index is -0.899. The summed E-state index contributed by atoms with van der Waals surface area (Å²) in [6, 6.07) is 8.82. The van der Waals surface area contributed by atoms with Gasteiger partial charge in [0, 0.05) is 19.5 Å². The molecule has 3 heterocycles. The van der Waals surface area contributed by atoms with Gasteiger partial charge in [0.1, 0.15) is 17.7 Å². The Bertz CT molecular complexity index is 787. The Morgan fingerprint density at radius 2 is 1.89 bits per heavy atom. The summed E-state index contributed by atoms with van der Waals surface area (Å²) in [5.41, 5.74) is -0.615. The number of piperidine rings is 1. The van der Waals surface area contributed by atoms with Gasteiger partial charge in [-0.05, 0) is 26.3 Å². The molecule has 0 aromatic heterocycles. The predicted octanol–water partition coefficient (Wildman–Crippen LogP) is 1.74. The lowest BCUT2D eigenvalue weighted by Crippen LogP contribution is -2.51. The third kappa shape index (κ3) is 3.00. The molecule has 4 unspecified atom stereocenters. The van der Waals surface area contributed by atoms with Crippen molar-refractivity contribution in [2.75, 3.05) is 13.1 Å². The first kappa shape index (κ1) is 18.0.